The van der Waals surface area contributed by atoms with Crippen LogP contribution < -0.4 is 4.90 Å². The third-order valence-electron chi connectivity index (χ3n) is 2.92. The summed E-state index contributed by atoms with van der Waals surface area (Å²) in [4.78, 5) is 21.1. The Hall–Kier alpha value is -1.65. The lowest BCUT2D eigenvalue weighted by Gasteiger charge is -2.23. The lowest BCUT2D eigenvalue weighted by Crippen LogP contribution is -2.33. The molecule has 2 unspecified atom stereocenters. The Bertz CT molecular complexity index is 355. The number of aromatic nitrogens is 2. The van der Waals surface area contributed by atoms with Crippen molar-refractivity contribution >= 4 is 11.8 Å². The summed E-state index contributed by atoms with van der Waals surface area (Å²) in [5.41, 5.74) is 0. The van der Waals surface area contributed by atoms with Crippen LogP contribution in [0.15, 0.2) is 18.6 Å². The fraction of sp³-hybridized carbons (Fsp3) is 0.500. The van der Waals surface area contributed by atoms with Gasteiger partial charge in [0.15, 0.2) is 0 Å². The Morgan fingerprint density at radius 3 is 2.93 bits per heavy atom. The molecule has 1 aliphatic heterocycles. The summed E-state index contributed by atoms with van der Waals surface area (Å²) in [6.07, 6.45) is 5.57. The van der Waals surface area contributed by atoms with E-state index in [2.05, 4.69) is 9.97 Å². The summed E-state index contributed by atoms with van der Waals surface area (Å²) in [5.74, 6) is -0.269. The predicted molar refractivity (Wildman–Crippen MR) is 54.6 cm³/mol. The second-order valence-electron chi connectivity index (χ2n) is 3.73. The van der Waals surface area contributed by atoms with Crippen molar-refractivity contribution in [2.75, 3.05) is 11.4 Å². The maximum Gasteiger partial charge on any atom is 0.308 e. The van der Waals surface area contributed by atoms with Crippen molar-refractivity contribution in [3.63, 3.8) is 0 Å². The van der Waals surface area contributed by atoms with E-state index in [-0.39, 0.29) is 12.0 Å². The highest BCUT2D eigenvalue weighted by Crippen LogP contribution is 2.27. The van der Waals surface area contributed by atoms with Crippen LogP contribution >= 0.6 is 0 Å². The molecule has 0 aliphatic carbocycles. The third-order valence-corrected chi connectivity index (χ3v) is 2.92. The predicted octanol–water partition coefficient (Wildman–Crippen LogP) is 0.776. The van der Waals surface area contributed by atoms with Crippen molar-refractivity contribution in [2.24, 2.45) is 5.92 Å². The SMILES string of the molecule is CC1C(C(=O)O)CCN1c1cnccn1. The van der Waals surface area contributed by atoms with Crippen molar-refractivity contribution in [3.8, 4) is 0 Å². The van der Waals surface area contributed by atoms with Gasteiger partial charge in [0.1, 0.15) is 5.82 Å². The van der Waals surface area contributed by atoms with Crippen LogP contribution in [-0.4, -0.2) is 33.6 Å². The minimum atomic E-state index is -0.728. The van der Waals surface area contributed by atoms with E-state index < -0.39 is 5.97 Å². The maximum atomic E-state index is 10.9. The summed E-state index contributed by atoms with van der Waals surface area (Å²) >= 11 is 0. The van der Waals surface area contributed by atoms with Gasteiger partial charge in [-0.2, -0.15) is 0 Å². The monoisotopic (exact) mass is 207 g/mol. The molecule has 80 valence electrons. The van der Waals surface area contributed by atoms with Gasteiger partial charge in [0.2, 0.25) is 0 Å². The van der Waals surface area contributed by atoms with Gasteiger partial charge in [0.25, 0.3) is 0 Å². The average molecular weight is 207 g/mol. The topological polar surface area (TPSA) is 66.3 Å². The van der Waals surface area contributed by atoms with Gasteiger partial charge in [0.05, 0.1) is 12.1 Å². The fourth-order valence-corrected chi connectivity index (χ4v) is 2.03. The molecule has 1 aromatic heterocycles. The van der Waals surface area contributed by atoms with Crippen molar-refractivity contribution in [2.45, 2.75) is 19.4 Å². The minimum absolute atomic E-state index is 0.0146. The molecule has 0 aromatic carbocycles. The molecule has 0 saturated carbocycles. The van der Waals surface area contributed by atoms with E-state index in [1.54, 1.807) is 18.6 Å². The lowest BCUT2D eigenvalue weighted by molar-refractivity contribution is -0.141. The first-order valence-corrected chi connectivity index (χ1v) is 4.95. The summed E-state index contributed by atoms with van der Waals surface area (Å²) in [6.45, 7) is 2.65. The molecular formula is C10H13N3O2. The summed E-state index contributed by atoms with van der Waals surface area (Å²) < 4.78 is 0. The van der Waals surface area contributed by atoms with Crippen LogP contribution in [0.25, 0.3) is 0 Å². The van der Waals surface area contributed by atoms with E-state index in [9.17, 15) is 4.79 Å². The molecule has 0 bridgehead atoms. The van der Waals surface area contributed by atoms with E-state index in [0.717, 1.165) is 12.4 Å². The number of hydrogen-bond donors (Lipinski definition) is 1. The van der Waals surface area contributed by atoms with E-state index in [0.29, 0.717) is 6.42 Å². The number of nitrogens with zero attached hydrogens (tertiary/aromatic N) is 3. The van der Waals surface area contributed by atoms with Crippen LogP contribution in [-0.2, 0) is 4.79 Å². The largest absolute Gasteiger partial charge is 0.481 e. The molecule has 0 spiro atoms. The average Bonchev–Trinajstić information content (AvgIpc) is 2.61. The van der Waals surface area contributed by atoms with Crippen LogP contribution in [0.3, 0.4) is 0 Å². The smallest absolute Gasteiger partial charge is 0.308 e. The first kappa shape index (κ1) is 9.89. The summed E-state index contributed by atoms with van der Waals surface area (Å²) in [6, 6.07) is -0.0146. The second kappa shape index (κ2) is 3.84. The van der Waals surface area contributed by atoms with Crippen LogP contribution in [0, 0.1) is 5.92 Å². The Labute approximate surface area is 87.8 Å². The summed E-state index contributed by atoms with van der Waals surface area (Å²) in [5, 5.41) is 8.99. The van der Waals surface area contributed by atoms with Crippen LogP contribution in [0.2, 0.25) is 0 Å². The zero-order valence-corrected chi connectivity index (χ0v) is 8.50. The zero-order valence-electron chi connectivity index (χ0n) is 8.50. The molecule has 2 atom stereocenters. The van der Waals surface area contributed by atoms with Crippen molar-refractivity contribution < 1.29 is 9.90 Å². The van der Waals surface area contributed by atoms with E-state index in [4.69, 9.17) is 5.11 Å². The number of aliphatic carboxylic acids is 1. The van der Waals surface area contributed by atoms with E-state index in [1.165, 1.54) is 0 Å². The first-order valence-electron chi connectivity index (χ1n) is 4.95. The number of carboxylic acid groups (broad SMARTS) is 1. The van der Waals surface area contributed by atoms with Crippen LogP contribution in [0.1, 0.15) is 13.3 Å². The Morgan fingerprint density at radius 2 is 2.40 bits per heavy atom. The quantitative estimate of drug-likeness (QED) is 0.776. The molecule has 1 saturated heterocycles. The molecule has 0 radical (unpaired) electrons. The summed E-state index contributed by atoms with van der Waals surface area (Å²) in [7, 11) is 0. The second-order valence-corrected chi connectivity index (χ2v) is 3.73. The van der Waals surface area contributed by atoms with Crippen LogP contribution in [0.4, 0.5) is 5.82 Å². The van der Waals surface area contributed by atoms with E-state index >= 15 is 0 Å². The molecule has 15 heavy (non-hydrogen) atoms. The number of rotatable bonds is 2. The maximum absolute atomic E-state index is 10.9. The van der Waals surface area contributed by atoms with Crippen molar-refractivity contribution in [1.29, 1.82) is 0 Å². The molecular weight excluding hydrogens is 194 g/mol. The Kier molecular flexibility index (Phi) is 2.53. The Morgan fingerprint density at radius 1 is 1.60 bits per heavy atom. The molecule has 2 heterocycles. The molecule has 5 heteroatoms. The normalized spacial score (nSPS) is 25.5. The highest BCUT2D eigenvalue weighted by atomic mass is 16.4. The van der Waals surface area contributed by atoms with E-state index in [1.807, 2.05) is 11.8 Å². The molecule has 0 amide bonds. The first-order chi connectivity index (χ1) is 7.20. The minimum Gasteiger partial charge on any atom is -0.481 e. The van der Waals surface area contributed by atoms with Gasteiger partial charge in [0, 0.05) is 25.0 Å². The molecule has 1 aromatic rings. The fourth-order valence-electron chi connectivity index (χ4n) is 2.03. The van der Waals surface area contributed by atoms with Gasteiger partial charge in [-0.15, -0.1) is 0 Å². The molecule has 2 rings (SSSR count). The van der Waals surface area contributed by atoms with Crippen LogP contribution in [0.5, 0.6) is 0 Å². The molecule has 1 aliphatic rings. The van der Waals surface area contributed by atoms with Gasteiger partial charge < -0.3 is 10.0 Å². The zero-order chi connectivity index (χ0) is 10.8. The highest BCUT2D eigenvalue weighted by molar-refractivity contribution is 5.72. The van der Waals surface area contributed by atoms with Gasteiger partial charge in [-0.1, -0.05) is 0 Å². The third kappa shape index (κ3) is 1.77. The van der Waals surface area contributed by atoms with Gasteiger partial charge >= 0.3 is 5.97 Å². The number of anilines is 1. The standard InChI is InChI=1S/C10H13N3O2/c1-7-8(10(14)15)2-5-13(7)9-6-11-3-4-12-9/h3-4,6-8H,2,5H2,1H3,(H,14,15). The number of hydrogen-bond acceptors (Lipinski definition) is 4. The van der Waals surface area contributed by atoms with Crippen molar-refractivity contribution in [1.82, 2.24) is 9.97 Å². The Balaban J connectivity index is 2.17. The van der Waals surface area contributed by atoms with Gasteiger partial charge in [-0.3, -0.25) is 9.78 Å². The van der Waals surface area contributed by atoms with Gasteiger partial charge in [-0.25, -0.2) is 4.98 Å². The number of carboxylic acids is 1. The van der Waals surface area contributed by atoms with Crippen molar-refractivity contribution in [3.05, 3.63) is 18.6 Å². The molecule has 1 N–H and O–H groups in total. The number of carbonyl (C=O) groups is 1. The molecule has 5 nitrogen and oxygen atoms in total. The highest BCUT2D eigenvalue weighted by Gasteiger charge is 2.36. The van der Waals surface area contributed by atoms with Gasteiger partial charge in [-0.05, 0) is 13.3 Å². The molecule has 1 fully saturated rings. The lowest BCUT2D eigenvalue weighted by atomic mass is 10.0.